The summed E-state index contributed by atoms with van der Waals surface area (Å²) < 4.78 is 13.3. The van der Waals surface area contributed by atoms with Crippen molar-refractivity contribution in [2.45, 2.75) is 25.4 Å². The fourth-order valence-electron chi connectivity index (χ4n) is 2.18. The van der Waals surface area contributed by atoms with Gasteiger partial charge in [0.15, 0.2) is 0 Å². The molecule has 1 heterocycles. The van der Waals surface area contributed by atoms with Crippen LogP contribution < -0.4 is 0 Å². The van der Waals surface area contributed by atoms with Gasteiger partial charge in [-0.05, 0) is 25.8 Å². The first-order chi connectivity index (χ1) is 9.28. The summed E-state index contributed by atoms with van der Waals surface area (Å²) in [5.41, 5.74) is -1.29. The minimum atomic E-state index is -0.813. The lowest BCUT2D eigenvalue weighted by atomic mass is 9.93. The van der Waals surface area contributed by atoms with Crippen molar-refractivity contribution in [1.82, 2.24) is 4.90 Å². The van der Waals surface area contributed by atoms with Crippen molar-refractivity contribution >= 4 is 11.6 Å². The fraction of sp³-hybridized carbons (Fsp3) is 0.462. The van der Waals surface area contributed by atoms with Crippen LogP contribution in [0.2, 0.25) is 0 Å². The van der Waals surface area contributed by atoms with E-state index in [4.69, 9.17) is 0 Å². The molecule has 1 aliphatic rings. The number of carbonyl (C=O) groups is 1. The van der Waals surface area contributed by atoms with Crippen LogP contribution in [0.3, 0.4) is 0 Å². The lowest BCUT2D eigenvalue weighted by molar-refractivity contribution is -0.385. The highest BCUT2D eigenvalue weighted by molar-refractivity contribution is 5.95. The molecule has 1 aliphatic heterocycles. The van der Waals surface area contributed by atoms with Crippen LogP contribution in [0.25, 0.3) is 0 Å². The van der Waals surface area contributed by atoms with Gasteiger partial charge >= 0.3 is 0 Å². The van der Waals surface area contributed by atoms with E-state index >= 15 is 0 Å². The Hall–Kier alpha value is -2.02. The van der Waals surface area contributed by atoms with Crippen LogP contribution in [-0.2, 0) is 0 Å². The number of piperidine rings is 1. The maximum absolute atomic E-state index is 13.3. The van der Waals surface area contributed by atoms with Gasteiger partial charge in [0.05, 0.1) is 16.6 Å². The molecular weight excluding hydrogens is 267 g/mol. The molecule has 1 aromatic carbocycles. The average Bonchev–Trinajstić information content (AvgIpc) is 2.37. The van der Waals surface area contributed by atoms with E-state index in [-0.39, 0.29) is 5.56 Å². The van der Waals surface area contributed by atoms with Crippen LogP contribution in [0.1, 0.15) is 30.1 Å². The topological polar surface area (TPSA) is 83.7 Å². The molecule has 0 aromatic heterocycles. The standard InChI is InChI=1S/C13H15FN2O4/c1-13(18)2-4-15(5-3-13)12(17)9-6-10(14)8-11(7-9)16(19)20/h6-8,18H,2-5H2,1H3. The summed E-state index contributed by atoms with van der Waals surface area (Å²) >= 11 is 0. The van der Waals surface area contributed by atoms with Crippen molar-refractivity contribution in [3.8, 4) is 0 Å². The molecule has 0 atom stereocenters. The Kier molecular flexibility index (Phi) is 3.71. The van der Waals surface area contributed by atoms with Gasteiger partial charge in [-0.2, -0.15) is 0 Å². The summed E-state index contributed by atoms with van der Waals surface area (Å²) in [6.45, 7) is 2.38. The average molecular weight is 282 g/mol. The number of likely N-dealkylation sites (tertiary alicyclic amines) is 1. The molecule has 1 amide bonds. The predicted molar refractivity (Wildman–Crippen MR) is 68.8 cm³/mol. The van der Waals surface area contributed by atoms with Crippen molar-refractivity contribution in [3.05, 3.63) is 39.7 Å². The summed E-state index contributed by atoms with van der Waals surface area (Å²) in [6.07, 6.45) is 0.853. The first kappa shape index (κ1) is 14.4. The minimum absolute atomic E-state index is 0.0433. The highest BCUT2D eigenvalue weighted by Crippen LogP contribution is 2.24. The van der Waals surface area contributed by atoms with Gasteiger partial charge in [0, 0.05) is 24.7 Å². The Morgan fingerprint density at radius 2 is 2.00 bits per heavy atom. The second kappa shape index (κ2) is 5.16. The molecule has 0 radical (unpaired) electrons. The smallest absolute Gasteiger partial charge is 0.273 e. The predicted octanol–water partition coefficient (Wildman–Crippen LogP) is 1.72. The number of halogens is 1. The number of carbonyl (C=O) groups excluding carboxylic acids is 1. The number of nitrogens with zero attached hydrogens (tertiary/aromatic N) is 2. The van der Waals surface area contributed by atoms with E-state index in [0.717, 1.165) is 18.2 Å². The van der Waals surface area contributed by atoms with Crippen LogP contribution >= 0.6 is 0 Å². The van der Waals surface area contributed by atoms with Gasteiger partial charge in [0.2, 0.25) is 0 Å². The third-order valence-corrected chi connectivity index (χ3v) is 3.47. The Morgan fingerprint density at radius 1 is 1.40 bits per heavy atom. The highest BCUT2D eigenvalue weighted by Gasteiger charge is 2.30. The second-order valence-corrected chi connectivity index (χ2v) is 5.24. The zero-order chi connectivity index (χ0) is 14.9. The molecule has 1 N–H and O–H groups in total. The third-order valence-electron chi connectivity index (χ3n) is 3.47. The van der Waals surface area contributed by atoms with Gasteiger partial charge in [0.1, 0.15) is 5.82 Å². The molecule has 1 aromatic rings. The molecule has 2 rings (SSSR count). The lowest BCUT2D eigenvalue weighted by Gasteiger charge is -2.35. The van der Waals surface area contributed by atoms with Gasteiger partial charge in [-0.1, -0.05) is 0 Å². The molecule has 0 aliphatic carbocycles. The van der Waals surface area contributed by atoms with E-state index in [1.165, 1.54) is 4.90 Å². The molecule has 1 saturated heterocycles. The van der Waals surface area contributed by atoms with Gasteiger partial charge in [-0.3, -0.25) is 14.9 Å². The summed E-state index contributed by atoms with van der Waals surface area (Å²) in [5.74, 6) is -1.27. The molecule has 0 bridgehead atoms. The van der Waals surface area contributed by atoms with Crippen molar-refractivity contribution in [3.63, 3.8) is 0 Å². The van der Waals surface area contributed by atoms with Gasteiger partial charge in [0.25, 0.3) is 11.6 Å². The molecule has 7 heteroatoms. The number of benzene rings is 1. The number of hydrogen-bond donors (Lipinski definition) is 1. The number of nitro benzene ring substituents is 1. The SMILES string of the molecule is CC1(O)CCN(C(=O)c2cc(F)cc([N+](=O)[O-])c2)CC1. The zero-order valence-electron chi connectivity index (χ0n) is 11.0. The Morgan fingerprint density at radius 3 is 2.55 bits per heavy atom. The second-order valence-electron chi connectivity index (χ2n) is 5.24. The first-order valence-electron chi connectivity index (χ1n) is 6.25. The molecule has 1 fully saturated rings. The van der Waals surface area contributed by atoms with Crippen LogP contribution in [-0.4, -0.2) is 39.5 Å². The van der Waals surface area contributed by atoms with E-state index in [1.807, 2.05) is 0 Å². The molecular formula is C13H15FN2O4. The monoisotopic (exact) mass is 282 g/mol. The number of amides is 1. The van der Waals surface area contributed by atoms with E-state index in [9.17, 15) is 24.4 Å². The van der Waals surface area contributed by atoms with Crippen LogP contribution in [0.15, 0.2) is 18.2 Å². The normalized spacial score (nSPS) is 17.9. The van der Waals surface area contributed by atoms with E-state index < -0.39 is 27.9 Å². The van der Waals surface area contributed by atoms with E-state index in [0.29, 0.717) is 25.9 Å². The van der Waals surface area contributed by atoms with Gasteiger partial charge < -0.3 is 10.0 Å². The van der Waals surface area contributed by atoms with Crippen molar-refractivity contribution < 1.29 is 19.2 Å². The Labute approximate surface area is 115 Å². The summed E-state index contributed by atoms with van der Waals surface area (Å²) in [5, 5.41) is 20.5. The third kappa shape index (κ3) is 3.11. The zero-order valence-corrected chi connectivity index (χ0v) is 11.0. The summed E-state index contributed by atoms with van der Waals surface area (Å²) in [4.78, 5) is 23.6. The molecule has 108 valence electrons. The fourth-order valence-corrected chi connectivity index (χ4v) is 2.18. The number of nitro groups is 1. The first-order valence-corrected chi connectivity index (χ1v) is 6.25. The minimum Gasteiger partial charge on any atom is -0.390 e. The van der Waals surface area contributed by atoms with E-state index in [1.54, 1.807) is 6.92 Å². The molecule has 20 heavy (non-hydrogen) atoms. The summed E-state index contributed by atoms with van der Waals surface area (Å²) in [7, 11) is 0. The van der Waals surface area contributed by atoms with Crippen molar-refractivity contribution in [1.29, 1.82) is 0 Å². The van der Waals surface area contributed by atoms with Crippen molar-refractivity contribution in [2.75, 3.05) is 13.1 Å². The van der Waals surface area contributed by atoms with E-state index in [2.05, 4.69) is 0 Å². The quantitative estimate of drug-likeness (QED) is 0.661. The number of aliphatic hydroxyl groups is 1. The van der Waals surface area contributed by atoms with Crippen LogP contribution in [0.4, 0.5) is 10.1 Å². The van der Waals surface area contributed by atoms with Crippen LogP contribution in [0, 0.1) is 15.9 Å². The maximum atomic E-state index is 13.3. The van der Waals surface area contributed by atoms with Crippen molar-refractivity contribution in [2.24, 2.45) is 0 Å². The molecule has 0 unspecified atom stereocenters. The van der Waals surface area contributed by atoms with Crippen LogP contribution in [0.5, 0.6) is 0 Å². The largest absolute Gasteiger partial charge is 0.390 e. The highest BCUT2D eigenvalue weighted by atomic mass is 19.1. The Balaban J connectivity index is 2.19. The number of hydrogen-bond acceptors (Lipinski definition) is 4. The molecule has 6 nitrogen and oxygen atoms in total. The molecule has 0 saturated carbocycles. The molecule has 0 spiro atoms. The number of non-ortho nitro benzene ring substituents is 1. The number of rotatable bonds is 2. The maximum Gasteiger partial charge on any atom is 0.273 e. The Bertz CT molecular complexity index is 549. The lowest BCUT2D eigenvalue weighted by Crippen LogP contribution is -2.45. The summed E-state index contributed by atoms with van der Waals surface area (Å²) in [6, 6.07) is 2.83. The van der Waals surface area contributed by atoms with Gasteiger partial charge in [-0.25, -0.2) is 4.39 Å². The van der Waals surface area contributed by atoms with Gasteiger partial charge in [-0.15, -0.1) is 0 Å².